The minimum Gasteiger partial charge on any atom is -0.492 e. The van der Waals surface area contributed by atoms with E-state index in [9.17, 15) is 0 Å². The van der Waals surface area contributed by atoms with Gasteiger partial charge in [-0.2, -0.15) is 0 Å². The third-order valence-electron chi connectivity index (χ3n) is 4.11. The van der Waals surface area contributed by atoms with Gasteiger partial charge in [0.25, 0.3) is 0 Å². The summed E-state index contributed by atoms with van der Waals surface area (Å²) in [5, 5.41) is 0. The van der Waals surface area contributed by atoms with Gasteiger partial charge in [0.2, 0.25) is 0 Å². The smallest absolute Gasteiger partial charge is 0.121 e. The highest BCUT2D eigenvalue weighted by Gasteiger charge is 2.21. The van der Waals surface area contributed by atoms with E-state index in [1.165, 1.54) is 25.9 Å². The Morgan fingerprint density at radius 1 is 1.32 bits per heavy atom. The molecule has 0 aliphatic carbocycles. The van der Waals surface area contributed by atoms with Crippen LogP contribution < -0.4 is 10.5 Å². The first kappa shape index (κ1) is 14.2. The second kappa shape index (κ2) is 6.80. The van der Waals surface area contributed by atoms with Crippen molar-refractivity contribution in [2.75, 3.05) is 32.0 Å². The van der Waals surface area contributed by atoms with Crippen molar-refractivity contribution in [1.82, 2.24) is 4.90 Å². The molecule has 1 heterocycles. The lowest BCUT2D eigenvalue weighted by atomic mass is 9.87. The molecular weight excluding hydrogens is 236 g/mol. The van der Waals surface area contributed by atoms with Gasteiger partial charge in [0.05, 0.1) is 0 Å². The molecule has 1 aromatic carbocycles. The van der Waals surface area contributed by atoms with Crippen LogP contribution in [0.2, 0.25) is 0 Å². The van der Waals surface area contributed by atoms with Gasteiger partial charge in [-0.25, -0.2) is 0 Å². The predicted molar refractivity (Wildman–Crippen MR) is 80.4 cm³/mol. The van der Waals surface area contributed by atoms with Gasteiger partial charge in [-0.15, -0.1) is 0 Å². The Hall–Kier alpha value is -1.22. The van der Waals surface area contributed by atoms with Crippen LogP contribution in [0.25, 0.3) is 0 Å². The van der Waals surface area contributed by atoms with E-state index in [0.29, 0.717) is 0 Å². The summed E-state index contributed by atoms with van der Waals surface area (Å²) in [5.74, 6) is 2.61. The lowest BCUT2D eigenvalue weighted by Gasteiger charge is -2.33. The van der Waals surface area contributed by atoms with Crippen molar-refractivity contribution < 1.29 is 4.74 Å². The fraction of sp³-hybridized carbons (Fsp3) is 0.625. The molecule has 106 valence electrons. The maximum Gasteiger partial charge on any atom is 0.121 e. The van der Waals surface area contributed by atoms with Crippen LogP contribution in [0.5, 0.6) is 5.75 Å². The van der Waals surface area contributed by atoms with Crippen LogP contribution in [0.3, 0.4) is 0 Å². The molecule has 3 nitrogen and oxygen atoms in total. The fourth-order valence-corrected chi connectivity index (χ4v) is 2.74. The Bertz CT molecular complexity index is 384. The average molecular weight is 262 g/mol. The van der Waals surface area contributed by atoms with E-state index in [-0.39, 0.29) is 0 Å². The predicted octanol–water partition coefficient (Wildman–Crippen LogP) is 3.02. The molecule has 1 fully saturated rings. The van der Waals surface area contributed by atoms with E-state index in [2.05, 4.69) is 18.7 Å². The molecule has 3 heteroatoms. The highest BCUT2D eigenvalue weighted by molar-refractivity contribution is 5.43. The minimum atomic E-state index is 0.746. The van der Waals surface area contributed by atoms with Crippen LogP contribution in [0.15, 0.2) is 24.3 Å². The van der Waals surface area contributed by atoms with Crippen LogP contribution in [-0.2, 0) is 0 Å². The minimum absolute atomic E-state index is 0.746. The van der Waals surface area contributed by atoms with E-state index in [4.69, 9.17) is 10.5 Å². The van der Waals surface area contributed by atoms with Gasteiger partial charge in [0.1, 0.15) is 12.4 Å². The Morgan fingerprint density at radius 2 is 2.05 bits per heavy atom. The van der Waals surface area contributed by atoms with Crippen molar-refractivity contribution in [2.24, 2.45) is 11.8 Å². The van der Waals surface area contributed by atoms with E-state index in [1.54, 1.807) is 0 Å². The number of nitrogen functional groups attached to an aromatic ring is 1. The maximum atomic E-state index is 5.74. The van der Waals surface area contributed by atoms with E-state index < -0.39 is 0 Å². The number of rotatable bonds is 5. The van der Waals surface area contributed by atoms with Crippen LogP contribution in [0.1, 0.15) is 26.7 Å². The molecule has 0 radical (unpaired) electrons. The number of nitrogens with zero attached hydrogens (tertiary/aromatic N) is 1. The molecule has 0 unspecified atom stereocenters. The van der Waals surface area contributed by atoms with Gasteiger partial charge < -0.3 is 10.5 Å². The first-order valence-corrected chi connectivity index (χ1v) is 7.36. The molecule has 0 amide bonds. The largest absolute Gasteiger partial charge is 0.492 e. The van der Waals surface area contributed by atoms with Crippen LogP contribution in [0, 0.1) is 11.8 Å². The van der Waals surface area contributed by atoms with Crippen LogP contribution in [-0.4, -0.2) is 31.1 Å². The zero-order valence-corrected chi connectivity index (χ0v) is 12.1. The molecule has 1 aromatic rings. The third kappa shape index (κ3) is 4.43. The SMILES string of the molecule is CC(C)C1CCN(CCOc2cccc(N)c2)CC1. The summed E-state index contributed by atoms with van der Waals surface area (Å²) < 4.78 is 5.74. The van der Waals surface area contributed by atoms with E-state index >= 15 is 0 Å². The van der Waals surface area contributed by atoms with Gasteiger partial charge in [-0.3, -0.25) is 4.90 Å². The lowest BCUT2D eigenvalue weighted by Crippen LogP contribution is -2.37. The Morgan fingerprint density at radius 3 is 2.68 bits per heavy atom. The number of hydrogen-bond donors (Lipinski definition) is 1. The number of hydrogen-bond acceptors (Lipinski definition) is 3. The zero-order valence-electron chi connectivity index (χ0n) is 12.1. The highest BCUT2D eigenvalue weighted by atomic mass is 16.5. The molecule has 1 aliphatic rings. The summed E-state index contributed by atoms with van der Waals surface area (Å²) in [7, 11) is 0. The summed E-state index contributed by atoms with van der Waals surface area (Å²) in [6.45, 7) is 8.86. The molecule has 2 rings (SSSR count). The monoisotopic (exact) mass is 262 g/mol. The molecule has 1 aliphatic heterocycles. The summed E-state index contributed by atoms with van der Waals surface area (Å²) >= 11 is 0. The van der Waals surface area contributed by atoms with Crippen LogP contribution >= 0.6 is 0 Å². The van der Waals surface area contributed by atoms with E-state index in [0.717, 1.165) is 36.4 Å². The Balaban J connectivity index is 1.67. The second-order valence-electron chi connectivity index (χ2n) is 5.84. The summed E-state index contributed by atoms with van der Waals surface area (Å²) in [4.78, 5) is 2.51. The van der Waals surface area contributed by atoms with Crippen molar-refractivity contribution in [2.45, 2.75) is 26.7 Å². The van der Waals surface area contributed by atoms with Gasteiger partial charge >= 0.3 is 0 Å². The summed E-state index contributed by atoms with van der Waals surface area (Å²) in [5.41, 5.74) is 6.49. The highest BCUT2D eigenvalue weighted by Crippen LogP contribution is 2.24. The topological polar surface area (TPSA) is 38.5 Å². The number of anilines is 1. The number of piperidine rings is 1. The first-order chi connectivity index (χ1) is 9.15. The molecule has 19 heavy (non-hydrogen) atoms. The molecule has 0 bridgehead atoms. The molecule has 0 spiro atoms. The maximum absolute atomic E-state index is 5.74. The average Bonchev–Trinajstić information content (AvgIpc) is 2.39. The first-order valence-electron chi connectivity index (χ1n) is 7.36. The number of benzene rings is 1. The number of ether oxygens (including phenoxy) is 1. The molecule has 0 aromatic heterocycles. The standard InChI is InChI=1S/C16H26N2O/c1-13(2)14-6-8-18(9-7-14)10-11-19-16-5-3-4-15(17)12-16/h3-5,12-14H,6-11,17H2,1-2H3. The van der Waals surface area contributed by atoms with E-state index in [1.807, 2.05) is 24.3 Å². The Kier molecular flexibility index (Phi) is 5.08. The molecule has 1 saturated heterocycles. The van der Waals surface area contributed by atoms with Crippen molar-refractivity contribution in [3.63, 3.8) is 0 Å². The van der Waals surface area contributed by atoms with Crippen LogP contribution in [0.4, 0.5) is 5.69 Å². The molecular formula is C16H26N2O. The normalized spacial score (nSPS) is 17.8. The summed E-state index contributed by atoms with van der Waals surface area (Å²) in [6, 6.07) is 7.65. The second-order valence-corrected chi connectivity index (χ2v) is 5.84. The van der Waals surface area contributed by atoms with Gasteiger partial charge in [-0.05, 0) is 49.9 Å². The van der Waals surface area contributed by atoms with Crippen molar-refractivity contribution in [3.8, 4) is 5.75 Å². The number of likely N-dealkylation sites (tertiary alicyclic amines) is 1. The van der Waals surface area contributed by atoms with Crippen molar-refractivity contribution in [3.05, 3.63) is 24.3 Å². The summed E-state index contributed by atoms with van der Waals surface area (Å²) in [6.07, 6.45) is 2.66. The van der Waals surface area contributed by atoms with Gasteiger partial charge in [0, 0.05) is 18.3 Å². The number of nitrogens with two attached hydrogens (primary N) is 1. The molecule has 0 atom stereocenters. The van der Waals surface area contributed by atoms with Crippen molar-refractivity contribution in [1.29, 1.82) is 0 Å². The molecule has 2 N–H and O–H groups in total. The Labute approximate surface area is 116 Å². The van der Waals surface area contributed by atoms with Gasteiger partial charge in [-0.1, -0.05) is 19.9 Å². The third-order valence-corrected chi connectivity index (χ3v) is 4.11. The zero-order chi connectivity index (χ0) is 13.7. The fourth-order valence-electron chi connectivity index (χ4n) is 2.74. The van der Waals surface area contributed by atoms with Gasteiger partial charge in [0.15, 0.2) is 0 Å². The lowest BCUT2D eigenvalue weighted by molar-refractivity contribution is 0.137. The quantitative estimate of drug-likeness (QED) is 0.829. The van der Waals surface area contributed by atoms with Crippen molar-refractivity contribution >= 4 is 5.69 Å². The molecule has 0 saturated carbocycles.